The van der Waals surface area contributed by atoms with Crippen LogP contribution >= 0.6 is 0 Å². The Morgan fingerprint density at radius 1 is 0.333 bits per heavy atom. The molecule has 0 saturated carbocycles. The number of aliphatic hydroxyl groups excluding tert-OH is 14. The molecule has 20 atom stereocenters. The number of rotatable bonds is 10. The molecule has 0 aromatic carbocycles. The summed E-state index contributed by atoms with van der Waals surface area (Å²) in [5.74, 6) is 0. The molecule has 0 aromatic heterocycles. The number of hydrogen-bond acceptors (Lipinski definition) is 21. The van der Waals surface area contributed by atoms with Crippen molar-refractivity contribution >= 4 is 0 Å². The minimum atomic E-state index is -2.02. The molecule has 14 N–H and O–H groups in total. The van der Waals surface area contributed by atoms with Gasteiger partial charge in [-0.1, -0.05) is 0 Å². The average Bonchev–Trinajstić information content (AvgIpc) is 3.03. The molecule has 0 aromatic rings. The molecular formula is C24H42O21. The van der Waals surface area contributed by atoms with Crippen molar-refractivity contribution < 1.29 is 105 Å². The topological polar surface area (TPSA) is 348 Å². The SMILES string of the molecule is OC[C@H]1O[C@@H](O[C@@H]2[C@@H](O)[C@H](O[C@H]3[C@H](O)[C@@H](O)[C@H](O[C@H]4[C@H](O)[C@H](O)[C@@H](O)O[C@@H]4CO)O[C@@H]3CO)O[C@H](CO)[C@H]2O)[C@H](O)[C@@H](O)[C@@H]1O. The lowest BCUT2D eigenvalue weighted by Gasteiger charge is -2.49. The van der Waals surface area contributed by atoms with E-state index in [-0.39, 0.29) is 0 Å². The van der Waals surface area contributed by atoms with Crippen LogP contribution in [0.15, 0.2) is 0 Å². The van der Waals surface area contributed by atoms with Crippen LogP contribution in [0.25, 0.3) is 0 Å². The lowest BCUT2D eigenvalue weighted by molar-refractivity contribution is -0.388. The summed E-state index contributed by atoms with van der Waals surface area (Å²) in [6.45, 7) is -3.41. The summed E-state index contributed by atoms with van der Waals surface area (Å²) >= 11 is 0. The quantitative estimate of drug-likeness (QED) is 0.103. The molecular weight excluding hydrogens is 624 g/mol. The van der Waals surface area contributed by atoms with Crippen LogP contribution in [-0.2, 0) is 33.2 Å². The van der Waals surface area contributed by atoms with Crippen LogP contribution in [0.3, 0.4) is 0 Å². The van der Waals surface area contributed by atoms with Crippen molar-refractivity contribution in [3.8, 4) is 0 Å². The van der Waals surface area contributed by atoms with Gasteiger partial charge in [0.15, 0.2) is 25.2 Å². The number of aliphatic hydroxyl groups is 14. The fourth-order valence-corrected chi connectivity index (χ4v) is 5.54. The van der Waals surface area contributed by atoms with Crippen molar-refractivity contribution in [1.29, 1.82) is 0 Å². The Bertz CT molecular complexity index is 912. The molecule has 4 aliphatic heterocycles. The Morgan fingerprint density at radius 3 is 1.22 bits per heavy atom. The van der Waals surface area contributed by atoms with Gasteiger partial charge in [0.05, 0.1) is 26.4 Å². The summed E-state index contributed by atoms with van der Waals surface area (Å²) in [6, 6.07) is 0. The van der Waals surface area contributed by atoms with Gasteiger partial charge in [-0.25, -0.2) is 0 Å². The van der Waals surface area contributed by atoms with Gasteiger partial charge in [-0.15, -0.1) is 0 Å². The highest BCUT2D eigenvalue weighted by Crippen LogP contribution is 2.34. The fraction of sp³-hybridized carbons (Fsp3) is 1.00. The fourth-order valence-electron chi connectivity index (χ4n) is 5.54. The lowest BCUT2D eigenvalue weighted by Crippen LogP contribution is -2.67. The number of ether oxygens (including phenoxy) is 7. The first-order valence-corrected chi connectivity index (χ1v) is 14.1. The highest BCUT2D eigenvalue weighted by molar-refractivity contribution is 4.97. The predicted octanol–water partition coefficient (Wildman–Crippen LogP) is -9.75. The highest BCUT2D eigenvalue weighted by Gasteiger charge is 2.55. The molecule has 0 radical (unpaired) electrons. The van der Waals surface area contributed by atoms with E-state index in [1.807, 2.05) is 0 Å². The summed E-state index contributed by atoms with van der Waals surface area (Å²) in [5.41, 5.74) is 0. The minimum Gasteiger partial charge on any atom is -0.394 e. The first-order chi connectivity index (χ1) is 21.3. The van der Waals surface area contributed by atoms with E-state index < -0.39 is 149 Å². The second kappa shape index (κ2) is 15.6. The van der Waals surface area contributed by atoms with Gasteiger partial charge in [0.25, 0.3) is 0 Å². The molecule has 4 heterocycles. The molecule has 0 spiro atoms. The van der Waals surface area contributed by atoms with Gasteiger partial charge >= 0.3 is 0 Å². The van der Waals surface area contributed by atoms with Crippen molar-refractivity contribution in [3.63, 3.8) is 0 Å². The second-order valence-corrected chi connectivity index (χ2v) is 11.1. The third-order valence-electron chi connectivity index (χ3n) is 8.20. The van der Waals surface area contributed by atoms with Gasteiger partial charge in [-0.2, -0.15) is 0 Å². The Labute approximate surface area is 254 Å². The summed E-state index contributed by atoms with van der Waals surface area (Å²) in [5, 5.41) is 142. The van der Waals surface area contributed by atoms with E-state index in [2.05, 4.69) is 0 Å². The van der Waals surface area contributed by atoms with Crippen LogP contribution in [-0.4, -0.2) is 221 Å². The average molecular weight is 667 g/mol. The molecule has 4 fully saturated rings. The van der Waals surface area contributed by atoms with E-state index in [9.17, 15) is 71.5 Å². The first-order valence-electron chi connectivity index (χ1n) is 14.1. The van der Waals surface area contributed by atoms with E-state index in [0.717, 1.165) is 0 Å². The van der Waals surface area contributed by atoms with Crippen LogP contribution in [0.2, 0.25) is 0 Å². The third-order valence-corrected chi connectivity index (χ3v) is 8.20. The van der Waals surface area contributed by atoms with Crippen LogP contribution < -0.4 is 0 Å². The van der Waals surface area contributed by atoms with Crippen LogP contribution in [0.4, 0.5) is 0 Å². The zero-order valence-corrected chi connectivity index (χ0v) is 23.5. The van der Waals surface area contributed by atoms with E-state index in [1.54, 1.807) is 0 Å². The summed E-state index contributed by atoms with van der Waals surface area (Å²) < 4.78 is 37.7. The Morgan fingerprint density at radius 2 is 0.711 bits per heavy atom. The normalized spacial score (nSPS) is 52.9. The van der Waals surface area contributed by atoms with E-state index in [1.165, 1.54) is 0 Å². The Kier molecular flexibility index (Phi) is 12.8. The van der Waals surface area contributed by atoms with Crippen LogP contribution in [0.5, 0.6) is 0 Å². The van der Waals surface area contributed by atoms with Crippen LogP contribution in [0.1, 0.15) is 0 Å². The van der Waals surface area contributed by atoms with Gasteiger partial charge in [-0.05, 0) is 0 Å². The molecule has 0 aliphatic carbocycles. The smallest absolute Gasteiger partial charge is 0.187 e. The van der Waals surface area contributed by atoms with E-state index in [4.69, 9.17) is 33.2 Å². The maximum absolute atomic E-state index is 11.0. The Hall–Kier alpha value is -0.840. The highest BCUT2D eigenvalue weighted by atomic mass is 16.8. The molecule has 45 heavy (non-hydrogen) atoms. The van der Waals surface area contributed by atoms with Crippen molar-refractivity contribution in [1.82, 2.24) is 0 Å². The molecule has 21 heteroatoms. The van der Waals surface area contributed by atoms with Gasteiger partial charge < -0.3 is 105 Å². The Balaban J connectivity index is 1.48. The zero-order chi connectivity index (χ0) is 33.3. The molecule has 4 saturated heterocycles. The summed E-state index contributed by atoms with van der Waals surface area (Å²) in [7, 11) is 0. The second-order valence-electron chi connectivity index (χ2n) is 11.1. The van der Waals surface area contributed by atoms with Gasteiger partial charge in [0, 0.05) is 0 Å². The molecule has 21 nitrogen and oxygen atoms in total. The zero-order valence-electron chi connectivity index (χ0n) is 23.5. The third kappa shape index (κ3) is 7.44. The van der Waals surface area contributed by atoms with Crippen molar-refractivity contribution in [2.24, 2.45) is 0 Å². The van der Waals surface area contributed by atoms with Gasteiger partial charge in [0.1, 0.15) is 97.7 Å². The molecule has 0 bridgehead atoms. The van der Waals surface area contributed by atoms with Gasteiger partial charge in [-0.3, -0.25) is 0 Å². The lowest BCUT2D eigenvalue weighted by atomic mass is 9.95. The van der Waals surface area contributed by atoms with E-state index in [0.29, 0.717) is 0 Å². The van der Waals surface area contributed by atoms with Gasteiger partial charge in [0.2, 0.25) is 0 Å². The monoisotopic (exact) mass is 666 g/mol. The van der Waals surface area contributed by atoms with E-state index >= 15 is 0 Å². The predicted molar refractivity (Wildman–Crippen MR) is 134 cm³/mol. The largest absolute Gasteiger partial charge is 0.394 e. The molecule has 4 aliphatic rings. The summed E-state index contributed by atoms with van der Waals surface area (Å²) in [6.07, 6.45) is -35.6. The molecule has 0 unspecified atom stereocenters. The van der Waals surface area contributed by atoms with Crippen molar-refractivity contribution in [3.05, 3.63) is 0 Å². The summed E-state index contributed by atoms with van der Waals surface area (Å²) in [4.78, 5) is 0. The van der Waals surface area contributed by atoms with Crippen molar-refractivity contribution in [2.45, 2.75) is 123 Å². The maximum atomic E-state index is 11.0. The van der Waals surface area contributed by atoms with Crippen molar-refractivity contribution in [2.75, 3.05) is 26.4 Å². The number of hydrogen-bond donors (Lipinski definition) is 14. The molecule has 0 amide bonds. The molecule has 4 rings (SSSR count). The maximum Gasteiger partial charge on any atom is 0.187 e. The van der Waals surface area contributed by atoms with Crippen LogP contribution in [0, 0.1) is 0 Å². The first kappa shape index (κ1) is 37.0. The molecule has 264 valence electrons. The standard InChI is InChI=1S/C24H42O21/c25-1-5-9(29)11(31)15(35)22(40-5)45-20-10(30)6(2-26)41-24(17(20)37)44-19-8(4-28)42-23(16(36)13(19)33)43-18-7(3-27)39-21(38)14(34)12(18)32/h5-38H,1-4H2/t5-,6-,7-,8-,9-,10-,11+,12-,13-,14+,15-,16-,17-,18-,19-,20+,21+,22+,23+,24+/m1/s1. The minimum absolute atomic E-state index is 0.806.